The lowest BCUT2D eigenvalue weighted by molar-refractivity contribution is -0.134. The van der Waals surface area contributed by atoms with Crippen LogP contribution in [0, 0.1) is 0 Å². The Hall–Kier alpha value is -1.68. The van der Waals surface area contributed by atoms with E-state index >= 15 is 0 Å². The van der Waals surface area contributed by atoms with Gasteiger partial charge >= 0.3 is 11.9 Å². The van der Waals surface area contributed by atoms with Crippen molar-refractivity contribution in [1.29, 1.82) is 0 Å². The van der Waals surface area contributed by atoms with Crippen molar-refractivity contribution in [3.8, 4) is 11.5 Å². The second kappa shape index (κ2) is 7.26. The van der Waals surface area contributed by atoms with Gasteiger partial charge in [0.25, 0.3) is 10.1 Å². The molecule has 0 heterocycles. The van der Waals surface area contributed by atoms with E-state index in [1.807, 2.05) is 0 Å². The smallest absolute Gasteiger partial charge is 0.308 e. The van der Waals surface area contributed by atoms with E-state index < -0.39 is 38.1 Å². The van der Waals surface area contributed by atoms with E-state index in [-0.39, 0.29) is 16.5 Å². The maximum absolute atomic E-state index is 11.3. The molecule has 0 fully saturated rings. The van der Waals surface area contributed by atoms with Crippen LogP contribution in [0.1, 0.15) is 24.7 Å². The molecule has 1 aromatic rings. The van der Waals surface area contributed by atoms with Crippen molar-refractivity contribution >= 4 is 50.5 Å². The Labute approximate surface area is 141 Å². The summed E-state index contributed by atoms with van der Waals surface area (Å²) < 4.78 is 41.3. The van der Waals surface area contributed by atoms with E-state index in [1.54, 1.807) is 0 Å². The number of rotatable bonds is 5. The number of ether oxygens (including phenoxy) is 2. The first-order valence-corrected chi connectivity index (χ1v) is 8.05. The molecule has 1 rings (SSSR count). The van der Waals surface area contributed by atoms with Gasteiger partial charge in [0, 0.05) is 30.5 Å². The van der Waals surface area contributed by atoms with Gasteiger partial charge in [-0.25, -0.2) is 0 Å². The molecule has 1 unspecified atom stereocenters. The predicted molar refractivity (Wildman–Crippen MR) is 79.2 cm³/mol. The minimum absolute atomic E-state index is 0.280. The van der Waals surface area contributed by atoms with Crippen LogP contribution in [0.25, 0.3) is 0 Å². The SMILES string of the molecule is CC(=O)Oc1cc(Cl)c(C(C(=O)Cl)S(=O)(=O)O)cc1OC(C)=O. The summed E-state index contributed by atoms with van der Waals surface area (Å²) in [6.07, 6.45) is 0. The van der Waals surface area contributed by atoms with Crippen LogP contribution in [0.2, 0.25) is 5.02 Å². The average Bonchev–Trinajstić information content (AvgIpc) is 2.31. The van der Waals surface area contributed by atoms with Gasteiger partial charge in [0.15, 0.2) is 16.7 Å². The highest BCUT2D eigenvalue weighted by Gasteiger charge is 2.34. The first-order valence-electron chi connectivity index (χ1n) is 5.79. The Kier molecular flexibility index (Phi) is 6.11. The van der Waals surface area contributed by atoms with Gasteiger partial charge in [0.2, 0.25) is 5.24 Å². The molecule has 1 aromatic carbocycles. The molecule has 0 bridgehead atoms. The van der Waals surface area contributed by atoms with Crippen molar-refractivity contribution in [3.05, 3.63) is 22.7 Å². The Bertz CT molecular complexity index is 772. The Morgan fingerprint density at radius 2 is 1.52 bits per heavy atom. The molecule has 23 heavy (non-hydrogen) atoms. The molecule has 1 atom stereocenters. The normalized spacial score (nSPS) is 12.4. The first-order chi connectivity index (χ1) is 10.4. The highest BCUT2D eigenvalue weighted by atomic mass is 35.5. The quantitative estimate of drug-likeness (QED) is 0.353. The van der Waals surface area contributed by atoms with Crippen molar-refractivity contribution in [2.24, 2.45) is 0 Å². The topological polar surface area (TPSA) is 124 Å². The number of carbonyl (C=O) groups excluding carboxylic acids is 3. The Balaban J connectivity index is 3.59. The van der Waals surface area contributed by atoms with Gasteiger partial charge in [0.05, 0.1) is 0 Å². The lowest BCUT2D eigenvalue weighted by Crippen LogP contribution is -2.19. The minimum Gasteiger partial charge on any atom is -0.423 e. The molecule has 8 nitrogen and oxygen atoms in total. The summed E-state index contributed by atoms with van der Waals surface area (Å²) in [5.74, 6) is -2.23. The standard InChI is InChI=1S/C12H10Cl2O8S/c1-5(15)21-9-3-7(11(12(14)17)23(18,19)20)8(13)4-10(9)22-6(2)16/h3-4,11H,1-2H3,(H,18,19,20). The van der Waals surface area contributed by atoms with Gasteiger partial charge in [-0.05, 0) is 17.7 Å². The van der Waals surface area contributed by atoms with Crippen LogP contribution in [0.15, 0.2) is 12.1 Å². The van der Waals surface area contributed by atoms with Gasteiger partial charge in [-0.3, -0.25) is 18.9 Å². The Morgan fingerprint density at radius 1 is 1.09 bits per heavy atom. The summed E-state index contributed by atoms with van der Waals surface area (Å²) >= 11 is 11.0. The fourth-order valence-electron chi connectivity index (χ4n) is 1.62. The third-order valence-corrected chi connectivity index (χ3v) is 4.10. The van der Waals surface area contributed by atoms with Crippen LogP contribution in [0.4, 0.5) is 0 Å². The highest BCUT2D eigenvalue weighted by Crippen LogP contribution is 2.39. The summed E-state index contributed by atoms with van der Waals surface area (Å²) in [5.41, 5.74) is -0.443. The van der Waals surface area contributed by atoms with E-state index in [2.05, 4.69) is 0 Å². The average molecular weight is 385 g/mol. The Morgan fingerprint density at radius 3 is 1.87 bits per heavy atom. The van der Waals surface area contributed by atoms with Crippen molar-refractivity contribution < 1.29 is 36.8 Å². The minimum atomic E-state index is -4.94. The van der Waals surface area contributed by atoms with Gasteiger partial charge in [-0.1, -0.05) is 11.6 Å². The fourth-order valence-corrected chi connectivity index (χ4v) is 3.15. The summed E-state index contributed by atoms with van der Waals surface area (Å²) in [5, 5.41) is -3.98. The monoisotopic (exact) mass is 384 g/mol. The van der Waals surface area contributed by atoms with E-state index in [1.165, 1.54) is 0 Å². The molecule has 0 aliphatic carbocycles. The predicted octanol–water partition coefficient (Wildman–Crippen LogP) is 1.88. The third kappa shape index (κ3) is 5.17. The number of esters is 2. The van der Waals surface area contributed by atoms with Crippen molar-refractivity contribution in [3.63, 3.8) is 0 Å². The number of hydrogen-bond acceptors (Lipinski definition) is 7. The lowest BCUT2D eigenvalue weighted by atomic mass is 10.1. The molecule has 0 saturated heterocycles. The molecule has 0 saturated carbocycles. The van der Waals surface area contributed by atoms with Gasteiger partial charge in [0.1, 0.15) is 0 Å². The van der Waals surface area contributed by atoms with E-state index in [4.69, 9.17) is 37.2 Å². The zero-order valence-corrected chi connectivity index (χ0v) is 14.0. The zero-order chi connectivity index (χ0) is 17.9. The summed E-state index contributed by atoms with van der Waals surface area (Å²) in [7, 11) is -4.94. The van der Waals surface area contributed by atoms with Gasteiger partial charge < -0.3 is 9.47 Å². The molecule has 126 valence electrons. The van der Waals surface area contributed by atoms with E-state index in [0.29, 0.717) is 0 Å². The summed E-state index contributed by atoms with van der Waals surface area (Å²) in [6.45, 7) is 2.11. The molecular weight excluding hydrogens is 375 g/mol. The number of hydrogen-bond donors (Lipinski definition) is 1. The van der Waals surface area contributed by atoms with Crippen molar-refractivity contribution in [2.45, 2.75) is 19.1 Å². The maximum Gasteiger partial charge on any atom is 0.308 e. The van der Waals surface area contributed by atoms with Crippen LogP contribution < -0.4 is 9.47 Å². The third-order valence-electron chi connectivity index (χ3n) is 2.36. The largest absolute Gasteiger partial charge is 0.423 e. The number of carbonyl (C=O) groups is 3. The van der Waals surface area contributed by atoms with Crippen LogP contribution in [0.5, 0.6) is 11.5 Å². The molecular formula is C12H10Cl2O8S. The van der Waals surface area contributed by atoms with Crippen molar-refractivity contribution in [2.75, 3.05) is 0 Å². The summed E-state index contributed by atoms with van der Waals surface area (Å²) in [6, 6.07) is 1.81. The molecule has 0 spiro atoms. The molecule has 0 aliphatic heterocycles. The van der Waals surface area contributed by atoms with Crippen molar-refractivity contribution in [1.82, 2.24) is 0 Å². The van der Waals surface area contributed by atoms with Gasteiger partial charge in [-0.2, -0.15) is 8.42 Å². The van der Waals surface area contributed by atoms with Crippen LogP contribution in [-0.4, -0.2) is 30.2 Å². The van der Waals surface area contributed by atoms with Crippen LogP contribution in [-0.2, 0) is 24.5 Å². The highest BCUT2D eigenvalue weighted by molar-refractivity contribution is 7.87. The van der Waals surface area contributed by atoms with E-state index in [9.17, 15) is 22.8 Å². The lowest BCUT2D eigenvalue weighted by Gasteiger charge is -2.15. The summed E-state index contributed by atoms with van der Waals surface area (Å²) in [4.78, 5) is 33.4. The zero-order valence-electron chi connectivity index (χ0n) is 11.7. The second-order valence-electron chi connectivity index (χ2n) is 4.21. The van der Waals surface area contributed by atoms with Gasteiger partial charge in [-0.15, -0.1) is 0 Å². The molecule has 0 amide bonds. The fraction of sp³-hybridized carbons (Fsp3) is 0.250. The molecule has 0 aliphatic rings. The van der Waals surface area contributed by atoms with E-state index in [0.717, 1.165) is 26.0 Å². The number of halogens is 2. The van der Waals surface area contributed by atoms with Crippen LogP contribution in [0.3, 0.4) is 0 Å². The molecule has 0 radical (unpaired) electrons. The maximum atomic E-state index is 11.3. The molecule has 1 N–H and O–H groups in total. The molecule has 0 aromatic heterocycles. The number of benzene rings is 1. The first kappa shape index (κ1) is 19.4. The van der Waals surface area contributed by atoms with Crippen LogP contribution >= 0.6 is 23.2 Å². The molecule has 11 heteroatoms. The second-order valence-corrected chi connectivity index (χ2v) is 6.49.